The van der Waals surface area contributed by atoms with E-state index in [4.69, 9.17) is 4.74 Å². The summed E-state index contributed by atoms with van der Waals surface area (Å²) < 4.78 is 6.29. The fraction of sp³-hybridized carbons (Fsp3) is 0.353. The number of carbonyl (C=O) groups excluding carboxylic acids is 2. The summed E-state index contributed by atoms with van der Waals surface area (Å²) in [4.78, 5) is 39.4. The lowest BCUT2D eigenvalue weighted by atomic mass is 10.2. The lowest BCUT2D eigenvalue weighted by Crippen LogP contribution is -2.35. The first-order valence-electron chi connectivity index (χ1n) is 7.98. The Morgan fingerprint density at radius 3 is 2.72 bits per heavy atom. The maximum absolute atomic E-state index is 12.5. The molecular weight excluding hydrogens is 360 g/mol. The lowest BCUT2D eigenvalue weighted by Gasteiger charge is -2.25. The second kappa shape index (κ2) is 7.97. The third kappa shape index (κ3) is 3.85. The smallest absolute Gasteiger partial charge is 0.343 e. The van der Waals surface area contributed by atoms with Gasteiger partial charge in [0, 0.05) is 35.7 Å². The van der Waals surface area contributed by atoms with Crippen molar-refractivity contribution in [2.24, 2.45) is 0 Å². The molecule has 1 amide bonds. The Balaban J connectivity index is 1.92. The van der Waals surface area contributed by atoms with Crippen molar-refractivity contribution in [3.05, 3.63) is 46.4 Å². The molecule has 0 aromatic carbocycles. The molecule has 25 heavy (non-hydrogen) atoms. The predicted octanol–water partition coefficient (Wildman–Crippen LogP) is 2.74. The Morgan fingerprint density at radius 2 is 2.00 bits per heavy atom. The topological polar surface area (TPSA) is 68.1 Å². The van der Waals surface area contributed by atoms with Crippen LogP contribution < -0.4 is 5.56 Å². The number of hydrogen-bond donors (Lipinski definition) is 0. The number of aromatic nitrogens is 1. The van der Waals surface area contributed by atoms with E-state index in [2.05, 4.69) is 0 Å². The van der Waals surface area contributed by atoms with E-state index in [9.17, 15) is 14.4 Å². The van der Waals surface area contributed by atoms with Crippen molar-refractivity contribution in [2.75, 3.05) is 31.2 Å². The molecule has 0 radical (unpaired) electrons. The van der Waals surface area contributed by atoms with Gasteiger partial charge in [-0.25, -0.2) is 4.79 Å². The molecule has 132 valence electrons. The minimum atomic E-state index is -0.637. The van der Waals surface area contributed by atoms with Crippen LogP contribution in [0.3, 0.4) is 0 Å². The number of ether oxygens (including phenoxy) is 1. The third-order valence-corrected chi connectivity index (χ3v) is 5.75. The van der Waals surface area contributed by atoms with Crippen molar-refractivity contribution in [3.63, 3.8) is 0 Å². The average molecular weight is 378 g/mol. The predicted molar refractivity (Wildman–Crippen MR) is 99.8 cm³/mol. The van der Waals surface area contributed by atoms with Crippen LogP contribution in [0.15, 0.2) is 40.2 Å². The number of nitrogens with zero attached hydrogens (tertiary/aromatic N) is 2. The van der Waals surface area contributed by atoms with E-state index in [0.29, 0.717) is 10.4 Å². The number of fused-ring (bicyclic) bond motifs is 1. The molecule has 3 rings (SSSR count). The van der Waals surface area contributed by atoms with Gasteiger partial charge in [-0.15, -0.1) is 0 Å². The zero-order valence-corrected chi connectivity index (χ0v) is 15.4. The summed E-state index contributed by atoms with van der Waals surface area (Å²) in [6.45, 7) is 3.39. The maximum Gasteiger partial charge on any atom is 0.343 e. The molecule has 2 aromatic heterocycles. The number of pyridine rings is 2. The van der Waals surface area contributed by atoms with E-state index in [1.165, 1.54) is 10.5 Å². The second-order valence-electron chi connectivity index (χ2n) is 5.37. The summed E-state index contributed by atoms with van der Waals surface area (Å²) in [5, 5.41) is -0.0182. The van der Waals surface area contributed by atoms with Crippen molar-refractivity contribution in [3.8, 4) is 0 Å². The Labute approximate surface area is 153 Å². The van der Waals surface area contributed by atoms with E-state index >= 15 is 0 Å². The molecule has 8 heteroatoms. The number of amides is 1. The molecule has 3 heterocycles. The van der Waals surface area contributed by atoms with Gasteiger partial charge >= 0.3 is 5.97 Å². The zero-order chi connectivity index (χ0) is 17.8. The Hall–Kier alpha value is -1.93. The molecule has 0 saturated carbocycles. The summed E-state index contributed by atoms with van der Waals surface area (Å²) in [6, 6.07) is 6.64. The quantitative estimate of drug-likeness (QED) is 0.604. The molecule has 0 atom stereocenters. The van der Waals surface area contributed by atoms with Crippen molar-refractivity contribution in [1.29, 1.82) is 0 Å². The summed E-state index contributed by atoms with van der Waals surface area (Å²) in [5.41, 5.74) is 0.145. The van der Waals surface area contributed by atoms with Crippen LogP contribution in [-0.4, -0.2) is 51.7 Å². The van der Waals surface area contributed by atoms with Gasteiger partial charge in [-0.3, -0.25) is 14.0 Å². The van der Waals surface area contributed by atoms with E-state index < -0.39 is 11.5 Å². The van der Waals surface area contributed by atoms with E-state index in [1.807, 2.05) is 16.7 Å². The molecule has 0 unspecified atom stereocenters. The molecule has 0 aliphatic carbocycles. The largest absolute Gasteiger partial charge is 0.462 e. The second-order valence-corrected chi connectivity index (χ2v) is 7.59. The summed E-state index contributed by atoms with van der Waals surface area (Å²) >= 11 is 2.96. The van der Waals surface area contributed by atoms with Gasteiger partial charge < -0.3 is 9.64 Å². The summed E-state index contributed by atoms with van der Waals surface area (Å²) in [6.07, 6.45) is 1.59. The number of hydrogen-bond acceptors (Lipinski definition) is 6. The average Bonchev–Trinajstić information content (AvgIpc) is 2.63. The molecule has 1 aliphatic heterocycles. The lowest BCUT2D eigenvalue weighted by molar-refractivity contribution is 0.0524. The highest BCUT2D eigenvalue weighted by Crippen LogP contribution is 2.27. The molecular formula is C17H18N2O4S2. The highest BCUT2D eigenvalue weighted by molar-refractivity contribution is 8.13. The van der Waals surface area contributed by atoms with Crippen LogP contribution in [0.5, 0.6) is 0 Å². The molecule has 0 spiro atoms. The fourth-order valence-electron chi connectivity index (χ4n) is 2.56. The van der Waals surface area contributed by atoms with Crippen molar-refractivity contribution < 1.29 is 14.3 Å². The molecule has 1 fully saturated rings. The fourth-order valence-corrected chi connectivity index (χ4v) is 4.38. The third-order valence-electron chi connectivity index (χ3n) is 3.81. The Kier molecular flexibility index (Phi) is 5.70. The van der Waals surface area contributed by atoms with Crippen LogP contribution in [0.25, 0.3) is 5.52 Å². The van der Waals surface area contributed by atoms with Crippen LogP contribution >= 0.6 is 23.5 Å². The van der Waals surface area contributed by atoms with E-state index in [-0.39, 0.29) is 17.4 Å². The van der Waals surface area contributed by atoms with Crippen LogP contribution in [0.4, 0.5) is 4.79 Å². The van der Waals surface area contributed by atoms with Gasteiger partial charge in [-0.2, -0.15) is 11.8 Å². The van der Waals surface area contributed by atoms with Crippen LogP contribution in [0, 0.1) is 0 Å². The summed E-state index contributed by atoms with van der Waals surface area (Å²) in [7, 11) is 0. The van der Waals surface area contributed by atoms with Crippen LogP contribution in [0.1, 0.15) is 17.3 Å². The van der Waals surface area contributed by atoms with Crippen molar-refractivity contribution >= 4 is 40.2 Å². The number of carbonyl (C=O) groups is 2. The van der Waals surface area contributed by atoms with Crippen molar-refractivity contribution in [2.45, 2.75) is 11.8 Å². The molecule has 0 bridgehead atoms. The van der Waals surface area contributed by atoms with Crippen LogP contribution in [0.2, 0.25) is 0 Å². The van der Waals surface area contributed by atoms with Gasteiger partial charge in [0.2, 0.25) is 0 Å². The number of thioether (sulfide) groups is 2. The standard InChI is InChI=1S/C17H18N2O4S2/c1-2-23-16(21)12-5-6-13-14(4-3-7-19(13)15(12)20)25-17(22)18-8-10-24-11-9-18/h3-7H,2,8-11H2,1H3. The minimum absolute atomic E-state index is 0.0131. The van der Waals surface area contributed by atoms with Gasteiger partial charge in [0.1, 0.15) is 5.56 Å². The first kappa shape index (κ1) is 17.9. The molecule has 0 N–H and O–H groups in total. The zero-order valence-electron chi connectivity index (χ0n) is 13.8. The monoisotopic (exact) mass is 378 g/mol. The van der Waals surface area contributed by atoms with Crippen molar-refractivity contribution in [1.82, 2.24) is 9.30 Å². The van der Waals surface area contributed by atoms with E-state index in [1.54, 1.807) is 31.3 Å². The van der Waals surface area contributed by atoms with Gasteiger partial charge in [0.15, 0.2) is 0 Å². The SMILES string of the molecule is CCOC(=O)c1ccc2c(SC(=O)N3CCSCC3)cccn2c1=O. The maximum atomic E-state index is 12.5. The minimum Gasteiger partial charge on any atom is -0.462 e. The number of esters is 1. The molecule has 1 aliphatic rings. The van der Waals surface area contributed by atoms with Crippen LogP contribution in [-0.2, 0) is 4.74 Å². The Morgan fingerprint density at radius 1 is 1.24 bits per heavy atom. The molecule has 6 nitrogen and oxygen atoms in total. The Bertz CT molecular complexity index is 859. The molecule has 2 aromatic rings. The number of rotatable bonds is 3. The van der Waals surface area contributed by atoms with Gasteiger partial charge in [0.25, 0.3) is 10.8 Å². The van der Waals surface area contributed by atoms with Gasteiger partial charge in [-0.1, -0.05) is 0 Å². The van der Waals surface area contributed by atoms with E-state index in [0.717, 1.165) is 36.4 Å². The summed E-state index contributed by atoms with van der Waals surface area (Å²) in [5.74, 6) is 1.26. The normalized spacial score (nSPS) is 14.5. The van der Waals surface area contributed by atoms with Gasteiger partial charge in [0.05, 0.1) is 12.1 Å². The first-order valence-corrected chi connectivity index (χ1v) is 9.95. The highest BCUT2D eigenvalue weighted by Gasteiger charge is 2.20. The highest BCUT2D eigenvalue weighted by atomic mass is 32.2. The van der Waals surface area contributed by atoms with Gasteiger partial charge in [-0.05, 0) is 43.0 Å². The first-order chi connectivity index (χ1) is 12.1. The molecule has 1 saturated heterocycles.